The van der Waals surface area contributed by atoms with Crippen LogP contribution in [0.5, 0.6) is 0 Å². The lowest BCUT2D eigenvalue weighted by Gasteiger charge is -2.16. The van der Waals surface area contributed by atoms with Crippen LogP contribution in [0.1, 0.15) is 44.2 Å². The van der Waals surface area contributed by atoms with Gasteiger partial charge in [0.2, 0.25) is 0 Å². The van der Waals surface area contributed by atoms with Gasteiger partial charge in [0.25, 0.3) is 0 Å². The first-order valence-electron chi connectivity index (χ1n) is 6.33. The topological polar surface area (TPSA) is 49.8 Å². The Morgan fingerprint density at radius 2 is 2.06 bits per heavy atom. The Labute approximate surface area is 107 Å². The minimum atomic E-state index is 0.0935. The third-order valence-electron chi connectivity index (χ3n) is 2.86. The van der Waals surface area contributed by atoms with Crippen molar-refractivity contribution in [3.05, 3.63) is 10.6 Å². The zero-order chi connectivity index (χ0) is 12.3. The van der Waals surface area contributed by atoms with Crippen molar-refractivity contribution in [1.82, 2.24) is 20.2 Å². The Kier molecular flexibility index (Phi) is 4.12. The van der Waals surface area contributed by atoms with E-state index in [4.69, 9.17) is 0 Å². The largest absolute Gasteiger partial charge is 0.313 e. The molecule has 0 amide bonds. The van der Waals surface area contributed by atoms with E-state index >= 15 is 0 Å². The van der Waals surface area contributed by atoms with E-state index in [0.29, 0.717) is 0 Å². The van der Waals surface area contributed by atoms with Gasteiger partial charge in [0, 0.05) is 31.1 Å². The van der Waals surface area contributed by atoms with E-state index in [-0.39, 0.29) is 5.41 Å². The molecule has 2 N–H and O–H groups in total. The van der Waals surface area contributed by atoms with Crippen molar-refractivity contribution >= 4 is 11.5 Å². The first kappa shape index (κ1) is 12.9. The fourth-order valence-electron chi connectivity index (χ4n) is 1.75. The molecule has 0 aromatic carbocycles. The zero-order valence-electron chi connectivity index (χ0n) is 10.9. The van der Waals surface area contributed by atoms with Crippen molar-refractivity contribution in [1.29, 1.82) is 0 Å². The summed E-state index contributed by atoms with van der Waals surface area (Å²) in [5.74, 6) is 0. The number of nitrogens with zero attached hydrogens (tertiary/aromatic N) is 2. The summed E-state index contributed by atoms with van der Waals surface area (Å²) >= 11 is 1.51. The van der Waals surface area contributed by atoms with Crippen LogP contribution >= 0.6 is 11.5 Å². The van der Waals surface area contributed by atoms with Crippen LogP contribution in [0.15, 0.2) is 0 Å². The minimum Gasteiger partial charge on any atom is -0.313 e. The van der Waals surface area contributed by atoms with E-state index < -0.39 is 0 Å². The monoisotopic (exact) mass is 254 g/mol. The van der Waals surface area contributed by atoms with Gasteiger partial charge in [-0.1, -0.05) is 25.3 Å². The van der Waals surface area contributed by atoms with E-state index in [1.54, 1.807) is 0 Å². The maximum Gasteiger partial charge on any atom is 0.0854 e. The zero-order valence-corrected chi connectivity index (χ0v) is 11.7. The molecule has 1 aliphatic rings. The maximum absolute atomic E-state index is 4.24. The van der Waals surface area contributed by atoms with Crippen molar-refractivity contribution in [3.63, 3.8) is 0 Å². The van der Waals surface area contributed by atoms with Gasteiger partial charge in [-0.15, -0.1) is 5.10 Å². The van der Waals surface area contributed by atoms with Crippen LogP contribution in [0.4, 0.5) is 0 Å². The molecular formula is C12H22N4S. The summed E-state index contributed by atoms with van der Waals surface area (Å²) in [5, 5.41) is 11.2. The van der Waals surface area contributed by atoms with E-state index in [0.717, 1.165) is 31.4 Å². The third kappa shape index (κ3) is 4.01. The molecule has 96 valence electrons. The van der Waals surface area contributed by atoms with Crippen LogP contribution in [0, 0.1) is 0 Å². The molecular weight excluding hydrogens is 232 g/mol. The number of aromatic nitrogens is 2. The van der Waals surface area contributed by atoms with E-state index in [9.17, 15) is 0 Å². The maximum atomic E-state index is 4.24. The molecule has 17 heavy (non-hydrogen) atoms. The van der Waals surface area contributed by atoms with Crippen molar-refractivity contribution in [2.45, 2.75) is 51.6 Å². The van der Waals surface area contributed by atoms with Crippen LogP contribution in [-0.4, -0.2) is 28.7 Å². The average molecular weight is 254 g/mol. The Balaban J connectivity index is 1.72. The molecule has 0 unspecified atom stereocenters. The molecule has 0 atom stereocenters. The van der Waals surface area contributed by atoms with Crippen LogP contribution in [-0.2, 0) is 12.0 Å². The predicted octanol–water partition coefficient (Wildman–Crippen LogP) is 1.68. The Morgan fingerprint density at radius 1 is 1.29 bits per heavy atom. The molecule has 0 aliphatic heterocycles. The summed E-state index contributed by atoms with van der Waals surface area (Å²) in [5.41, 5.74) is 1.22. The lowest BCUT2D eigenvalue weighted by Crippen LogP contribution is -2.28. The third-order valence-corrected chi connectivity index (χ3v) is 3.59. The molecule has 0 radical (unpaired) electrons. The first-order chi connectivity index (χ1) is 8.07. The molecule has 2 rings (SSSR count). The van der Waals surface area contributed by atoms with E-state index in [2.05, 4.69) is 41.0 Å². The summed E-state index contributed by atoms with van der Waals surface area (Å²) in [6.45, 7) is 9.50. The normalized spacial score (nSPS) is 16.4. The molecule has 1 heterocycles. The van der Waals surface area contributed by atoms with Gasteiger partial charge in [0.15, 0.2) is 0 Å². The molecule has 0 saturated heterocycles. The van der Waals surface area contributed by atoms with Gasteiger partial charge in [-0.25, -0.2) is 0 Å². The fraction of sp³-hybridized carbons (Fsp3) is 0.833. The molecule has 1 aromatic heterocycles. The van der Waals surface area contributed by atoms with Crippen molar-refractivity contribution < 1.29 is 0 Å². The molecule has 1 aliphatic carbocycles. The second kappa shape index (κ2) is 5.42. The lowest BCUT2D eigenvalue weighted by molar-refractivity contribution is 0.550. The van der Waals surface area contributed by atoms with Gasteiger partial charge in [0.05, 0.1) is 10.6 Å². The number of nitrogens with one attached hydrogen (secondary N) is 2. The Hall–Kier alpha value is -0.520. The van der Waals surface area contributed by atoms with Gasteiger partial charge >= 0.3 is 0 Å². The molecule has 1 fully saturated rings. The minimum absolute atomic E-state index is 0.0935. The molecule has 5 heteroatoms. The van der Waals surface area contributed by atoms with Gasteiger partial charge in [-0.2, -0.15) is 0 Å². The van der Waals surface area contributed by atoms with Gasteiger partial charge < -0.3 is 10.6 Å². The molecule has 1 saturated carbocycles. The lowest BCUT2D eigenvalue weighted by atomic mass is 9.91. The SMILES string of the molecule is CC(C)(C)c1nnsc1CNCCNC1CC1. The first-order valence-corrected chi connectivity index (χ1v) is 7.10. The second-order valence-corrected chi connectivity index (χ2v) is 6.54. The Morgan fingerprint density at radius 3 is 2.71 bits per heavy atom. The van der Waals surface area contributed by atoms with E-state index in [1.165, 1.54) is 29.3 Å². The number of hydrogen-bond acceptors (Lipinski definition) is 5. The summed E-state index contributed by atoms with van der Waals surface area (Å²) < 4.78 is 4.06. The number of rotatable bonds is 6. The standard InChI is InChI=1S/C12H22N4S/c1-12(2,3)11-10(17-16-15-11)8-13-6-7-14-9-4-5-9/h9,13-14H,4-8H2,1-3H3. The highest BCUT2D eigenvalue weighted by Crippen LogP contribution is 2.25. The summed E-state index contributed by atoms with van der Waals surface area (Å²) in [6, 6.07) is 0.798. The van der Waals surface area contributed by atoms with Crippen LogP contribution < -0.4 is 10.6 Å². The van der Waals surface area contributed by atoms with Crippen molar-refractivity contribution in [3.8, 4) is 0 Å². The van der Waals surface area contributed by atoms with Gasteiger partial charge in [-0.3, -0.25) is 0 Å². The summed E-state index contributed by atoms with van der Waals surface area (Å²) in [7, 11) is 0. The smallest absolute Gasteiger partial charge is 0.0854 e. The van der Waals surface area contributed by atoms with Crippen LogP contribution in [0.3, 0.4) is 0 Å². The Bertz CT molecular complexity index is 352. The van der Waals surface area contributed by atoms with E-state index in [1.807, 2.05) is 0 Å². The second-order valence-electron chi connectivity index (χ2n) is 5.70. The molecule has 4 nitrogen and oxygen atoms in total. The highest BCUT2D eigenvalue weighted by molar-refractivity contribution is 7.05. The number of hydrogen-bond donors (Lipinski definition) is 2. The van der Waals surface area contributed by atoms with Crippen molar-refractivity contribution in [2.24, 2.45) is 0 Å². The summed E-state index contributed by atoms with van der Waals surface area (Å²) in [6.07, 6.45) is 2.71. The van der Waals surface area contributed by atoms with Gasteiger partial charge in [-0.05, 0) is 24.4 Å². The quantitative estimate of drug-likeness (QED) is 0.758. The fourth-order valence-corrected chi connectivity index (χ4v) is 2.57. The highest BCUT2D eigenvalue weighted by atomic mass is 32.1. The van der Waals surface area contributed by atoms with Crippen molar-refractivity contribution in [2.75, 3.05) is 13.1 Å². The molecule has 0 bridgehead atoms. The molecule has 1 aromatic rings. The average Bonchev–Trinajstić information content (AvgIpc) is 2.92. The predicted molar refractivity (Wildman–Crippen MR) is 71.3 cm³/mol. The van der Waals surface area contributed by atoms with Crippen LogP contribution in [0.25, 0.3) is 0 Å². The molecule has 0 spiro atoms. The van der Waals surface area contributed by atoms with Gasteiger partial charge in [0.1, 0.15) is 0 Å². The summed E-state index contributed by atoms with van der Waals surface area (Å²) in [4.78, 5) is 1.27. The van der Waals surface area contributed by atoms with Crippen LogP contribution in [0.2, 0.25) is 0 Å². The highest BCUT2D eigenvalue weighted by Gasteiger charge is 2.22.